The van der Waals surface area contributed by atoms with Gasteiger partial charge in [-0.2, -0.15) is 17.7 Å². The van der Waals surface area contributed by atoms with E-state index in [2.05, 4.69) is 10.7 Å². The molecule has 1 atom stereocenters. The van der Waals surface area contributed by atoms with Gasteiger partial charge in [0.15, 0.2) is 6.10 Å². The maximum Gasteiger partial charge on any atom is 0.354 e. The van der Waals surface area contributed by atoms with Crippen LogP contribution in [0.1, 0.15) is 0 Å². The Hall–Kier alpha value is -0.260. The molecule has 0 bridgehead atoms. The first-order valence-corrected chi connectivity index (χ1v) is 4.10. The van der Waals surface area contributed by atoms with Crippen molar-refractivity contribution in [1.29, 1.82) is 0 Å². The van der Waals surface area contributed by atoms with Crippen molar-refractivity contribution in [3.8, 4) is 0 Å². The van der Waals surface area contributed by atoms with Crippen LogP contribution in [-0.4, -0.2) is 30.2 Å². The largest absolute Gasteiger partial charge is 0.371 e. The molecule has 10 heavy (non-hydrogen) atoms. The summed E-state index contributed by atoms with van der Waals surface area (Å²) in [7, 11) is 0. The summed E-state index contributed by atoms with van der Waals surface area (Å²) in [6, 6.07) is 0. The molecule has 0 amide bonds. The molecule has 0 aromatic rings. The second-order valence-electron chi connectivity index (χ2n) is 1.87. The van der Waals surface area contributed by atoms with Crippen LogP contribution < -0.4 is 5.90 Å². The molecular weight excluding hydrogens is 154 g/mol. The van der Waals surface area contributed by atoms with E-state index in [4.69, 9.17) is 4.74 Å². The van der Waals surface area contributed by atoms with Gasteiger partial charge >= 0.3 is 5.97 Å². The lowest BCUT2D eigenvalue weighted by molar-refractivity contribution is -0.156. The van der Waals surface area contributed by atoms with Crippen LogP contribution in [0.2, 0.25) is 0 Å². The molecule has 1 unspecified atom stereocenters. The number of hydrogen-bond acceptors (Lipinski definition) is 5. The number of carbonyl (C=O) groups is 1. The predicted molar refractivity (Wildman–Crippen MR) is 37.3 cm³/mol. The van der Waals surface area contributed by atoms with Crippen molar-refractivity contribution in [2.45, 2.75) is 6.10 Å². The Morgan fingerprint density at radius 2 is 2.60 bits per heavy atom. The molecule has 1 fully saturated rings. The zero-order valence-corrected chi connectivity index (χ0v) is 6.23. The van der Waals surface area contributed by atoms with E-state index in [-0.39, 0.29) is 0 Å². The third kappa shape index (κ3) is 1.86. The normalized spacial score (nSPS) is 25.9. The summed E-state index contributed by atoms with van der Waals surface area (Å²) in [6.07, 6.45) is -0.455. The second kappa shape index (κ2) is 3.80. The summed E-state index contributed by atoms with van der Waals surface area (Å²) in [5.74, 6) is 5.77. The molecule has 0 spiro atoms. The molecular formula is C5H9NO3S. The first-order valence-electron chi connectivity index (χ1n) is 2.94. The molecule has 0 aromatic heterocycles. The van der Waals surface area contributed by atoms with Crippen LogP contribution in [0.25, 0.3) is 0 Å². The van der Waals surface area contributed by atoms with Gasteiger partial charge in [-0.25, -0.2) is 4.79 Å². The fourth-order valence-corrected chi connectivity index (χ4v) is 1.53. The Bertz CT molecular complexity index is 124. The summed E-state index contributed by atoms with van der Waals surface area (Å²) in [6.45, 7) is 0.602. The number of rotatable bonds is 1. The molecule has 1 aliphatic heterocycles. The van der Waals surface area contributed by atoms with Crippen molar-refractivity contribution in [2.75, 3.05) is 18.1 Å². The lowest BCUT2D eigenvalue weighted by atomic mass is 10.4. The lowest BCUT2D eigenvalue weighted by Gasteiger charge is -2.18. The van der Waals surface area contributed by atoms with Gasteiger partial charge in [0, 0.05) is 11.5 Å². The standard InChI is InChI=1S/C5H9NO3S/c6-9-5(7)4-3-10-2-1-8-4/h4H,1-3,6H2. The van der Waals surface area contributed by atoms with E-state index in [1.54, 1.807) is 11.8 Å². The highest BCUT2D eigenvalue weighted by molar-refractivity contribution is 7.99. The molecule has 0 aromatic carbocycles. The molecule has 1 aliphatic rings. The molecule has 0 radical (unpaired) electrons. The minimum atomic E-state index is -0.479. The molecule has 0 aliphatic carbocycles. The van der Waals surface area contributed by atoms with E-state index >= 15 is 0 Å². The van der Waals surface area contributed by atoms with Crippen LogP contribution in [0.15, 0.2) is 0 Å². The Balaban J connectivity index is 2.31. The topological polar surface area (TPSA) is 61.5 Å². The monoisotopic (exact) mass is 163 g/mol. The van der Waals surface area contributed by atoms with Gasteiger partial charge < -0.3 is 9.57 Å². The van der Waals surface area contributed by atoms with Gasteiger partial charge in [-0.3, -0.25) is 0 Å². The minimum Gasteiger partial charge on any atom is -0.371 e. The Morgan fingerprint density at radius 3 is 3.10 bits per heavy atom. The number of carbonyl (C=O) groups excluding carboxylic acids is 1. The highest BCUT2D eigenvalue weighted by atomic mass is 32.2. The van der Waals surface area contributed by atoms with Gasteiger partial charge in [0.1, 0.15) is 0 Å². The van der Waals surface area contributed by atoms with Crippen LogP contribution in [0.5, 0.6) is 0 Å². The molecule has 0 saturated carbocycles. The van der Waals surface area contributed by atoms with Crippen molar-refractivity contribution in [2.24, 2.45) is 5.90 Å². The van der Waals surface area contributed by atoms with E-state index in [9.17, 15) is 4.79 Å². The molecule has 5 heteroatoms. The number of ether oxygens (including phenoxy) is 1. The van der Waals surface area contributed by atoms with Crippen molar-refractivity contribution in [3.63, 3.8) is 0 Å². The number of nitrogens with two attached hydrogens (primary N) is 1. The average molecular weight is 163 g/mol. The third-order valence-electron chi connectivity index (χ3n) is 1.19. The van der Waals surface area contributed by atoms with Crippen LogP contribution >= 0.6 is 11.8 Å². The summed E-state index contributed by atoms with van der Waals surface area (Å²) in [5, 5.41) is 0. The average Bonchev–Trinajstić information content (AvgIpc) is 2.05. The summed E-state index contributed by atoms with van der Waals surface area (Å²) < 4.78 is 5.06. The SMILES string of the molecule is NOC(=O)C1CSCCO1. The maximum absolute atomic E-state index is 10.7. The Labute approximate surface area is 63.0 Å². The van der Waals surface area contributed by atoms with Gasteiger partial charge in [0.05, 0.1) is 6.61 Å². The highest BCUT2D eigenvalue weighted by Crippen LogP contribution is 2.12. The van der Waals surface area contributed by atoms with Gasteiger partial charge in [-0.1, -0.05) is 0 Å². The molecule has 58 valence electrons. The van der Waals surface area contributed by atoms with Crippen LogP contribution in [0.3, 0.4) is 0 Å². The predicted octanol–water partition coefficient (Wildman–Crippen LogP) is -0.465. The fourth-order valence-electron chi connectivity index (χ4n) is 0.700. The Kier molecular flexibility index (Phi) is 2.98. The van der Waals surface area contributed by atoms with Crippen LogP contribution in [-0.2, 0) is 14.4 Å². The van der Waals surface area contributed by atoms with Crippen molar-refractivity contribution in [3.05, 3.63) is 0 Å². The first kappa shape index (κ1) is 7.84. The van der Waals surface area contributed by atoms with Crippen LogP contribution in [0, 0.1) is 0 Å². The number of hydrogen-bond donors (Lipinski definition) is 1. The quantitative estimate of drug-likeness (QED) is 0.530. The van der Waals surface area contributed by atoms with Gasteiger partial charge in [-0.05, 0) is 0 Å². The third-order valence-corrected chi connectivity index (χ3v) is 2.19. The van der Waals surface area contributed by atoms with Crippen molar-refractivity contribution in [1.82, 2.24) is 0 Å². The highest BCUT2D eigenvalue weighted by Gasteiger charge is 2.22. The van der Waals surface area contributed by atoms with E-state index in [1.165, 1.54) is 0 Å². The van der Waals surface area contributed by atoms with Crippen molar-refractivity contribution >= 4 is 17.7 Å². The summed E-state index contributed by atoms with van der Waals surface area (Å²) >= 11 is 1.67. The zero-order chi connectivity index (χ0) is 7.40. The van der Waals surface area contributed by atoms with Gasteiger partial charge in [0.2, 0.25) is 0 Å². The molecule has 2 N–H and O–H groups in total. The van der Waals surface area contributed by atoms with E-state index in [0.29, 0.717) is 12.4 Å². The Morgan fingerprint density at radius 1 is 1.80 bits per heavy atom. The fraction of sp³-hybridized carbons (Fsp3) is 0.800. The van der Waals surface area contributed by atoms with Crippen LogP contribution in [0.4, 0.5) is 0 Å². The number of thioether (sulfide) groups is 1. The van der Waals surface area contributed by atoms with Gasteiger partial charge in [0.25, 0.3) is 0 Å². The smallest absolute Gasteiger partial charge is 0.354 e. The van der Waals surface area contributed by atoms with Crippen molar-refractivity contribution < 1.29 is 14.4 Å². The molecule has 4 nitrogen and oxygen atoms in total. The van der Waals surface area contributed by atoms with E-state index < -0.39 is 12.1 Å². The first-order chi connectivity index (χ1) is 4.84. The molecule has 1 rings (SSSR count). The molecule has 1 heterocycles. The lowest BCUT2D eigenvalue weighted by Crippen LogP contribution is -2.34. The summed E-state index contributed by atoms with van der Waals surface area (Å²) in [4.78, 5) is 14.7. The van der Waals surface area contributed by atoms with Gasteiger partial charge in [-0.15, -0.1) is 0 Å². The maximum atomic E-state index is 10.7. The summed E-state index contributed by atoms with van der Waals surface area (Å²) in [5.41, 5.74) is 0. The van der Waals surface area contributed by atoms with E-state index in [1.807, 2.05) is 0 Å². The van der Waals surface area contributed by atoms with E-state index in [0.717, 1.165) is 5.75 Å². The minimum absolute atomic E-state index is 0.455. The zero-order valence-electron chi connectivity index (χ0n) is 5.41. The molecule has 1 saturated heterocycles. The second-order valence-corrected chi connectivity index (χ2v) is 3.02.